The summed E-state index contributed by atoms with van der Waals surface area (Å²) in [5.74, 6) is 0.911. The number of hydrogen-bond acceptors (Lipinski definition) is 5. The van der Waals surface area contributed by atoms with Crippen LogP contribution >= 0.6 is 11.3 Å². The Kier molecular flexibility index (Phi) is 7.37. The number of hydrogen-bond donors (Lipinski definition) is 2. The fourth-order valence-electron chi connectivity index (χ4n) is 9.08. The lowest BCUT2D eigenvalue weighted by Gasteiger charge is -2.32. The second-order valence-electron chi connectivity index (χ2n) is 15.0. The molecule has 0 radical (unpaired) electrons. The van der Waals surface area contributed by atoms with Gasteiger partial charge >= 0.3 is 0 Å². The molecule has 0 saturated heterocycles. The molecule has 5 nitrogen and oxygen atoms in total. The van der Waals surface area contributed by atoms with E-state index in [2.05, 4.69) is 185 Å². The molecule has 2 aliphatic rings. The van der Waals surface area contributed by atoms with Gasteiger partial charge in [-0.1, -0.05) is 127 Å². The van der Waals surface area contributed by atoms with Crippen LogP contribution in [0.4, 0.5) is 0 Å². The van der Waals surface area contributed by atoms with E-state index in [0.29, 0.717) is 0 Å². The first-order valence-electron chi connectivity index (χ1n) is 19.7. The lowest BCUT2D eigenvalue weighted by molar-refractivity contribution is 0.409. The van der Waals surface area contributed by atoms with E-state index in [1.807, 2.05) is 11.3 Å². The van der Waals surface area contributed by atoms with Crippen molar-refractivity contribution in [3.05, 3.63) is 187 Å². The quantitative estimate of drug-likeness (QED) is 0.184. The van der Waals surface area contributed by atoms with E-state index in [4.69, 9.17) is 9.41 Å². The van der Waals surface area contributed by atoms with Crippen molar-refractivity contribution in [2.75, 3.05) is 0 Å². The van der Waals surface area contributed by atoms with Crippen molar-refractivity contribution < 1.29 is 4.42 Å². The molecular formula is C51H36N4OS. The van der Waals surface area contributed by atoms with Crippen molar-refractivity contribution in [3.63, 3.8) is 0 Å². The summed E-state index contributed by atoms with van der Waals surface area (Å²) in [7, 11) is 0. The first-order chi connectivity index (χ1) is 28.2. The average Bonchev–Trinajstić information content (AvgIpc) is 3.96. The van der Waals surface area contributed by atoms with Crippen LogP contribution in [0.2, 0.25) is 0 Å². The zero-order valence-electron chi connectivity index (χ0n) is 30.9. The lowest BCUT2D eigenvalue weighted by Crippen LogP contribution is -2.45. The van der Waals surface area contributed by atoms with Crippen LogP contribution in [-0.4, -0.2) is 10.4 Å². The summed E-state index contributed by atoms with van der Waals surface area (Å²) in [5.41, 5.74) is 11.1. The molecule has 4 heterocycles. The summed E-state index contributed by atoms with van der Waals surface area (Å²) in [6.07, 6.45) is 8.45. The Bertz CT molecular complexity index is 3270. The summed E-state index contributed by atoms with van der Waals surface area (Å²) < 4.78 is 11.6. The maximum Gasteiger partial charge on any atom is 0.136 e. The summed E-state index contributed by atoms with van der Waals surface area (Å²) >= 11 is 1.86. The van der Waals surface area contributed by atoms with E-state index >= 15 is 0 Å². The predicted molar refractivity (Wildman–Crippen MR) is 238 cm³/mol. The number of nitrogens with zero attached hydrogens (tertiary/aromatic N) is 2. The molecule has 10 aromatic rings. The molecule has 272 valence electrons. The van der Waals surface area contributed by atoms with E-state index in [-0.39, 0.29) is 12.3 Å². The highest BCUT2D eigenvalue weighted by Crippen LogP contribution is 2.44. The Balaban J connectivity index is 0.960. The van der Waals surface area contributed by atoms with E-state index in [9.17, 15) is 0 Å². The molecule has 12 rings (SSSR count). The zero-order valence-corrected chi connectivity index (χ0v) is 31.8. The molecular weight excluding hydrogens is 717 g/mol. The fraction of sp³-hybridized carbons (Fsp3) is 0.0784. The Morgan fingerprint density at radius 2 is 1.40 bits per heavy atom. The molecule has 1 aliphatic heterocycles. The third-order valence-corrected chi connectivity index (χ3v) is 12.8. The second kappa shape index (κ2) is 12.9. The number of allylic oxidation sites excluding steroid dienone is 2. The van der Waals surface area contributed by atoms with Gasteiger partial charge in [-0.3, -0.25) is 5.32 Å². The molecule has 2 atom stereocenters. The number of aliphatic imine (C=N–C) groups is 1. The van der Waals surface area contributed by atoms with Gasteiger partial charge in [0.15, 0.2) is 0 Å². The number of rotatable bonds is 5. The molecule has 57 heavy (non-hydrogen) atoms. The lowest BCUT2D eigenvalue weighted by atomic mass is 9.97. The van der Waals surface area contributed by atoms with E-state index in [1.54, 1.807) is 0 Å². The number of benzene rings is 7. The maximum atomic E-state index is 6.65. The van der Waals surface area contributed by atoms with Crippen molar-refractivity contribution in [3.8, 4) is 16.8 Å². The normalized spacial score (nSPS) is 17.2. The SMILES string of the molecule is C1=CC(C2=NC(c3ccc4c(c3)oc3cccc(-c5ccc6c(c5)sc5cccc(-n7c8ccccc8c8ccccc87)c56)c34)NC(c3ccccc3)N2)=CCC1. The Morgan fingerprint density at radius 1 is 0.614 bits per heavy atom. The van der Waals surface area contributed by atoms with Gasteiger partial charge in [-0.2, -0.15) is 0 Å². The number of para-hydroxylation sites is 2. The van der Waals surface area contributed by atoms with Crippen LogP contribution in [0.15, 0.2) is 185 Å². The fourth-order valence-corrected chi connectivity index (χ4v) is 10.2. The number of thiophene rings is 1. The Hall–Kier alpha value is -6.73. The highest BCUT2D eigenvalue weighted by atomic mass is 32.1. The van der Waals surface area contributed by atoms with E-state index in [1.165, 1.54) is 64.4 Å². The molecule has 0 fully saturated rings. The molecule has 6 heteroatoms. The Morgan fingerprint density at radius 3 is 2.23 bits per heavy atom. The van der Waals surface area contributed by atoms with Gasteiger partial charge in [0, 0.05) is 47.3 Å². The highest BCUT2D eigenvalue weighted by molar-refractivity contribution is 7.26. The molecule has 0 saturated carbocycles. The standard InChI is InChI=1S/C51H36N4OS/c1-3-13-31(14-4-1)49-52-50(32-15-5-2-6-16-32)54-51(53-49)34-26-27-38-44(29-34)56-43-23-11-19-35(47(38)43)33-25-28-39-46(30-33)57-45-24-12-22-42(48(39)45)55-40-20-9-7-17-36(40)37-18-8-10-21-41(37)55/h1,3-5,7-30,49,51,53H,2,6H2,(H,52,54). The maximum absolute atomic E-state index is 6.65. The molecule has 0 spiro atoms. The van der Waals surface area contributed by atoms with Gasteiger partial charge in [0.25, 0.3) is 0 Å². The van der Waals surface area contributed by atoms with Crippen LogP contribution in [-0.2, 0) is 0 Å². The van der Waals surface area contributed by atoms with Crippen LogP contribution in [0.25, 0.3) is 80.7 Å². The molecule has 3 aromatic heterocycles. The van der Waals surface area contributed by atoms with Crippen molar-refractivity contribution in [1.82, 2.24) is 15.2 Å². The minimum Gasteiger partial charge on any atom is -0.456 e. The number of nitrogens with one attached hydrogen (secondary N) is 2. The smallest absolute Gasteiger partial charge is 0.136 e. The summed E-state index contributed by atoms with van der Waals surface area (Å²) in [4.78, 5) is 5.21. The first-order valence-corrected chi connectivity index (χ1v) is 20.5. The molecule has 7 aromatic carbocycles. The van der Waals surface area contributed by atoms with Crippen LogP contribution < -0.4 is 10.6 Å². The predicted octanol–water partition coefficient (Wildman–Crippen LogP) is 13.3. The average molecular weight is 753 g/mol. The van der Waals surface area contributed by atoms with Crippen LogP contribution in [0.1, 0.15) is 36.3 Å². The minimum atomic E-state index is -0.248. The van der Waals surface area contributed by atoms with Gasteiger partial charge in [0.2, 0.25) is 0 Å². The van der Waals surface area contributed by atoms with Crippen molar-refractivity contribution in [2.24, 2.45) is 4.99 Å². The number of aromatic nitrogens is 1. The van der Waals surface area contributed by atoms with Crippen molar-refractivity contribution >= 4 is 81.1 Å². The molecule has 2 unspecified atom stereocenters. The number of fused-ring (bicyclic) bond motifs is 9. The van der Waals surface area contributed by atoms with Gasteiger partial charge in [0.05, 0.1) is 16.7 Å². The molecule has 0 amide bonds. The second-order valence-corrected chi connectivity index (χ2v) is 16.1. The highest BCUT2D eigenvalue weighted by Gasteiger charge is 2.27. The van der Waals surface area contributed by atoms with Crippen molar-refractivity contribution in [2.45, 2.75) is 25.2 Å². The van der Waals surface area contributed by atoms with Crippen LogP contribution in [0, 0.1) is 0 Å². The monoisotopic (exact) mass is 752 g/mol. The zero-order chi connectivity index (χ0) is 37.5. The Labute approximate surface area is 332 Å². The van der Waals surface area contributed by atoms with Gasteiger partial charge in [-0.25, -0.2) is 4.99 Å². The van der Waals surface area contributed by atoms with E-state index < -0.39 is 0 Å². The van der Waals surface area contributed by atoms with Gasteiger partial charge < -0.3 is 14.3 Å². The summed E-state index contributed by atoms with van der Waals surface area (Å²) in [5, 5.41) is 14.8. The van der Waals surface area contributed by atoms with E-state index in [0.717, 1.165) is 51.8 Å². The van der Waals surface area contributed by atoms with Crippen LogP contribution in [0.3, 0.4) is 0 Å². The number of amidine groups is 1. The molecule has 1 aliphatic carbocycles. The topological polar surface area (TPSA) is 54.5 Å². The first kappa shape index (κ1) is 32.5. The third kappa shape index (κ3) is 5.22. The van der Waals surface area contributed by atoms with Crippen LogP contribution in [0.5, 0.6) is 0 Å². The number of furan rings is 1. The molecule has 0 bridgehead atoms. The summed E-state index contributed by atoms with van der Waals surface area (Å²) in [6.45, 7) is 0. The van der Waals surface area contributed by atoms with Gasteiger partial charge in [0.1, 0.15) is 29.3 Å². The van der Waals surface area contributed by atoms with Gasteiger partial charge in [-0.05, 0) is 77.6 Å². The summed E-state index contributed by atoms with van der Waals surface area (Å²) in [6, 6.07) is 54.7. The third-order valence-electron chi connectivity index (χ3n) is 11.7. The van der Waals surface area contributed by atoms with Crippen molar-refractivity contribution in [1.29, 1.82) is 0 Å². The minimum absolute atomic E-state index is 0.0835. The molecule has 2 N–H and O–H groups in total. The van der Waals surface area contributed by atoms with Gasteiger partial charge in [-0.15, -0.1) is 11.3 Å². The largest absolute Gasteiger partial charge is 0.456 e.